The van der Waals surface area contributed by atoms with Gasteiger partial charge in [-0.25, -0.2) is 9.69 Å². The normalized spacial score (nSPS) is 11.1. The molecule has 0 saturated heterocycles. The summed E-state index contributed by atoms with van der Waals surface area (Å²) in [6, 6.07) is 53.4. The van der Waals surface area contributed by atoms with Gasteiger partial charge in [-0.1, -0.05) is 91.0 Å². The Kier molecular flexibility index (Phi) is 6.56. The molecule has 230 valence electrons. The van der Waals surface area contributed by atoms with Gasteiger partial charge in [0.15, 0.2) is 11.4 Å². The van der Waals surface area contributed by atoms with Gasteiger partial charge in [0.2, 0.25) is 0 Å². The van der Waals surface area contributed by atoms with Crippen LogP contribution in [0.1, 0.15) is 5.56 Å². The molecule has 50 heavy (non-hydrogen) atoms. The Morgan fingerprint density at radius 2 is 1.04 bits per heavy atom. The molecule has 9 aromatic rings. The first-order chi connectivity index (χ1) is 24.7. The van der Waals surface area contributed by atoms with Gasteiger partial charge in [0, 0.05) is 27.3 Å². The molecular weight excluding hydrogens is 611 g/mol. The first-order valence-corrected chi connectivity index (χ1v) is 16.2. The second-order valence-corrected chi connectivity index (χ2v) is 12.2. The average molecular weight is 636 g/mol. The van der Waals surface area contributed by atoms with E-state index in [2.05, 4.69) is 97.7 Å². The number of rotatable bonds is 4. The predicted molar refractivity (Wildman–Crippen MR) is 203 cm³/mol. The van der Waals surface area contributed by atoms with Gasteiger partial charge in [0.1, 0.15) is 0 Å². The highest BCUT2D eigenvalue weighted by molar-refractivity contribution is 6.12. The highest BCUT2D eigenvalue weighted by Crippen LogP contribution is 2.43. The summed E-state index contributed by atoms with van der Waals surface area (Å²) >= 11 is 0. The number of benzene rings is 7. The van der Waals surface area contributed by atoms with Crippen LogP contribution >= 0.6 is 0 Å². The Hall–Kier alpha value is -7.39. The van der Waals surface area contributed by atoms with Crippen molar-refractivity contribution in [2.75, 3.05) is 0 Å². The quantitative estimate of drug-likeness (QED) is 0.177. The summed E-state index contributed by atoms with van der Waals surface area (Å²) in [6.45, 7) is 15.6. The fourth-order valence-corrected chi connectivity index (χ4v) is 7.42. The van der Waals surface area contributed by atoms with E-state index in [9.17, 15) is 5.26 Å². The summed E-state index contributed by atoms with van der Waals surface area (Å²) < 4.78 is 4.58. The van der Waals surface area contributed by atoms with Gasteiger partial charge in [-0.2, -0.15) is 5.26 Å². The molecule has 7 aromatic carbocycles. The van der Waals surface area contributed by atoms with Crippen molar-refractivity contribution < 1.29 is 0 Å². The molecule has 2 aromatic heterocycles. The molecule has 0 atom stereocenters. The lowest BCUT2D eigenvalue weighted by atomic mass is 9.95. The first kappa shape index (κ1) is 28.8. The maximum atomic E-state index is 9.75. The molecule has 0 aliphatic carbocycles. The van der Waals surface area contributed by atoms with Crippen molar-refractivity contribution >= 4 is 55.0 Å². The van der Waals surface area contributed by atoms with Gasteiger partial charge in [-0.05, 0) is 77.2 Å². The Labute approximate surface area is 288 Å². The van der Waals surface area contributed by atoms with E-state index in [1.807, 2.05) is 78.9 Å². The van der Waals surface area contributed by atoms with Gasteiger partial charge < -0.3 is 9.13 Å². The lowest BCUT2D eigenvalue weighted by molar-refractivity contribution is 1.16. The lowest BCUT2D eigenvalue weighted by Crippen LogP contribution is -2.02. The number of nitriles is 1. The molecule has 0 radical (unpaired) electrons. The fourth-order valence-electron chi connectivity index (χ4n) is 7.42. The van der Waals surface area contributed by atoms with Crippen LogP contribution < -0.4 is 0 Å². The van der Waals surface area contributed by atoms with Crippen LogP contribution in [0.15, 0.2) is 152 Å². The summed E-state index contributed by atoms with van der Waals surface area (Å²) in [7, 11) is 0. The van der Waals surface area contributed by atoms with Gasteiger partial charge in [-0.15, -0.1) is 0 Å². The molecule has 0 unspecified atom stereocenters. The van der Waals surface area contributed by atoms with Crippen LogP contribution in [-0.4, -0.2) is 9.13 Å². The van der Waals surface area contributed by atoms with Crippen LogP contribution in [0.4, 0.5) is 11.4 Å². The Morgan fingerprint density at radius 1 is 0.460 bits per heavy atom. The van der Waals surface area contributed by atoms with E-state index in [4.69, 9.17) is 13.1 Å². The third-order valence-corrected chi connectivity index (χ3v) is 9.60. The van der Waals surface area contributed by atoms with Crippen LogP contribution in [0.5, 0.6) is 0 Å². The van der Waals surface area contributed by atoms with E-state index < -0.39 is 0 Å². The SMILES string of the molecule is [C-]#[N+]c1ccc2c(c1)c1ccccc1n2-c1ccc(-c2ccccc2[N+]#[C-])cc1-c1ccccc1-n1c2ccccc2c2cc(C#N)ccc21. The molecule has 0 aliphatic heterocycles. The van der Waals surface area contributed by atoms with Crippen LogP contribution in [0, 0.1) is 24.5 Å². The average Bonchev–Trinajstić information content (AvgIpc) is 3.69. The van der Waals surface area contributed by atoms with Gasteiger partial charge in [0.25, 0.3) is 0 Å². The minimum absolute atomic E-state index is 0.596. The fraction of sp³-hybridized carbons (Fsp3) is 0. The molecule has 5 nitrogen and oxygen atoms in total. The predicted octanol–water partition coefficient (Wildman–Crippen LogP) is 12.2. The van der Waals surface area contributed by atoms with Gasteiger partial charge in [-0.3, -0.25) is 0 Å². The zero-order chi connectivity index (χ0) is 33.8. The summed E-state index contributed by atoms with van der Waals surface area (Å²) in [4.78, 5) is 7.59. The summed E-state index contributed by atoms with van der Waals surface area (Å²) in [5.74, 6) is 0. The van der Waals surface area contributed by atoms with E-state index >= 15 is 0 Å². The number of para-hydroxylation sites is 4. The van der Waals surface area contributed by atoms with Crippen molar-refractivity contribution in [2.45, 2.75) is 0 Å². The Bertz CT molecular complexity index is 2970. The summed E-state index contributed by atoms with van der Waals surface area (Å²) in [5.41, 5.74) is 11.7. The van der Waals surface area contributed by atoms with E-state index in [1.165, 1.54) is 0 Å². The van der Waals surface area contributed by atoms with Crippen molar-refractivity contribution in [3.05, 3.63) is 180 Å². The summed E-state index contributed by atoms with van der Waals surface area (Å²) in [5, 5.41) is 13.9. The molecule has 2 heterocycles. The molecule has 0 fully saturated rings. The number of fused-ring (bicyclic) bond motifs is 6. The maximum Gasteiger partial charge on any atom is 0.194 e. The van der Waals surface area contributed by atoms with Crippen molar-refractivity contribution in [3.63, 3.8) is 0 Å². The van der Waals surface area contributed by atoms with E-state index in [0.29, 0.717) is 16.9 Å². The summed E-state index contributed by atoms with van der Waals surface area (Å²) in [6.07, 6.45) is 0. The standard InChI is InChI=1S/C45H25N5/c1-47-31-21-24-45-38(27-31)35-14-6-10-18-42(35)50(45)44-23-20-30(32-11-3-7-15-39(32)48-2)26-37(44)34-13-5-9-17-41(34)49-40-16-8-4-12-33(40)36-25-29(28-46)19-22-43(36)49/h3-27H. The molecule has 0 N–H and O–H groups in total. The Morgan fingerprint density at radius 3 is 1.74 bits per heavy atom. The van der Waals surface area contributed by atoms with E-state index in [1.54, 1.807) is 0 Å². The number of aromatic nitrogens is 2. The van der Waals surface area contributed by atoms with Crippen LogP contribution in [-0.2, 0) is 0 Å². The smallest absolute Gasteiger partial charge is 0.194 e. The van der Waals surface area contributed by atoms with Crippen molar-refractivity contribution in [2.24, 2.45) is 0 Å². The molecule has 0 bridgehead atoms. The van der Waals surface area contributed by atoms with E-state index in [-0.39, 0.29) is 0 Å². The van der Waals surface area contributed by atoms with Crippen LogP contribution in [0.2, 0.25) is 0 Å². The molecular formula is C45H25N5. The molecule has 0 saturated carbocycles. The minimum Gasteiger partial charge on any atom is -0.309 e. The number of nitrogens with zero attached hydrogens (tertiary/aromatic N) is 5. The molecule has 0 aliphatic rings. The first-order valence-electron chi connectivity index (χ1n) is 16.2. The molecule has 0 amide bonds. The monoisotopic (exact) mass is 635 g/mol. The zero-order valence-corrected chi connectivity index (χ0v) is 26.7. The van der Waals surface area contributed by atoms with Gasteiger partial charge >= 0.3 is 0 Å². The van der Waals surface area contributed by atoms with E-state index in [0.717, 1.165) is 77.2 Å². The van der Waals surface area contributed by atoms with Crippen LogP contribution in [0.25, 0.3) is 86.9 Å². The highest BCUT2D eigenvalue weighted by atomic mass is 15.0. The second-order valence-electron chi connectivity index (χ2n) is 12.2. The van der Waals surface area contributed by atoms with Crippen molar-refractivity contribution in [1.82, 2.24) is 9.13 Å². The largest absolute Gasteiger partial charge is 0.309 e. The lowest BCUT2D eigenvalue weighted by Gasteiger charge is -2.20. The molecule has 5 heteroatoms. The van der Waals surface area contributed by atoms with Crippen molar-refractivity contribution in [3.8, 4) is 39.7 Å². The highest BCUT2D eigenvalue weighted by Gasteiger charge is 2.21. The maximum absolute atomic E-state index is 9.75. The third kappa shape index (κ3) is 4.31. The minimum atomic E-state index is 0.596. The van der Waals surface area contributed by atoms with Crippen molar-refractivity contribution in [1.29, 1.82) is 5.26 Å². The molecule has 9 rings (SSSR count). The number of hydrogen-bond acceptors (Lipinski definition) is 1. The Balaban J connectivity index is 1.41. The number of hydrogen-bond donors (Lipinski definition) is 0. The van der Waals surface area contributed by atoms with Crippen LogP contribution in [0.3, 0.4) is 0 Å². The van der Waals surface area contributed by atoms with Gasteiger partial charge in [0.05, 0.1) is 58.2 Å². The third-order valence-electron chi connectivity index (χ3n) is 9.60. The second kappa shape index (κ2) is 11.4. The molecule has 0 spiro atoms. The zero-order valence-electron chi connectivity index (χ0n) is 26.7. The topological polar surface area (TPSA) is 42.4 Å².